The van der Waals surface area contributed by atoms with E-state index in [0.29, 0.717) is 6.04 Å². The molecule has 2 aromatic rings. The van der Waals surface area contributed by atoms with Gasteiger partial charge in [0.15, 0.2) is 5.65 Å². The highest BCUT2D eigenvalue weighted by Gasteiger charge is 2.24. The maximum atomic E-state index is 4.70. The van der Waals surface area contributed by atoms with Crippen LogP contribution in [0.1, 0.15) is 18.7 Å². The Morgan fingerprint density at radius 3 is 2.78 bits per heavy atom. The van der Waals surface area contributed by atoms with Crippen molar-refractivity contribution in [2.24, 2.45) is 7.05 Å². The van der Waals surface area contributed by atoms with Crippen LogP contribution in [-0.2, 0) is 7.05 Å². The van der Waals surface area contributed by atoms with Crippen molar-refractivity contribution < 1.29 is 0 Å². The van der Waals surface area contributed by atoms with Gasteiger partial charge in [-0.05, 0) is 26.3 Å². The van der Waals surface area contributed by atoms with E-state index in [1.54, 1.807) is 0 Å². The number of hydrogen-bond acceptors (Lipinski definition) is 6. The Labute approximate surface area is 136 Å². The Hall–Kier alpha value is -1.73. The highest BCUT2D eigenvalue weighted by molar-refractivity contribution is 5.87. The van der Waals surface area contributed by atoms with E-state index in [-0.39, 0.29) is 0 Å². The number of piperazine rings is 1. The van der Waals surface area contributed by atoms with Gasteiger partial charge in [0, 0.05) is 45.8 Å². The van der Waals surface area contributed by atoms with Crippen molar-refractivity contribution >= 4 is 16.9 Å². The van der Waals surface area contributed by atoms with Gasteiger partial charge >= 0.3 is 0 Å². The topological polar surface area (TPSA) is 62.1 Å². The molecule has 23 heavy (non-hydrogen) atoms. The van der Waals surface area contributed by atoms with Crippen molar-refractivity contribution in [2.45, 2.75) is 25.8 Å². The third kappa shape index (κ3) is 2.90. The Bertz CT molecular complexity index is 681. The highest BCUT2D eigenvalue weighted by Crippen LogP contribution is 2.24. The van der Waals surface area contributed by atoms with E-state index >= 15 is 0 Å². The van der Waals surface area contributed by atoms with Crippen LogP contribution in [0.25, 0.3) is 11.0 Å². The smallest absolute Gasteiger partial charge is 0.163 e. The minimum atomic E-state index is 0.688. The van der Waals surface area contributed by atoms with Crippen LogP contribution < -0.4 is 10.2 Å². The van der Waals surface area contributed by atoms with Crippen molar-refractivity contribution in [1.82, 2.24) is 30.0 Å². The van der Waals surface area contributed by atoms with Crippen LogP contribution in [0.4, 0.5) is 5.82 Å². The van der Waals surface area contributed by atoms with E-state index in [4.69, 9.17) is 4.98 Å². The number of hydrogen-bond donors (Lipinski definition) is 1. The highest BCUT2D eigenvalue weighted by atomic mass is 15.3. The number of fused-ring (bicyclic) bond motifs is 1. The molecule has 0 spiro atoms. The largest absolute Gasteiger partial charge is 0.353 e. The number of aromatic nitrogens is 4. The minimum Gasteiger partial charge on any atom is -0.353 e. The summed E-state index contributed by atoms with van der Waals surface area (Å²) >= 11 is 0. The van der Waals surface area contributed by atoms with Gasteiger partial charge in [0.25, 0.3) is 0 Å². The fourth-order valence-electron chi connectivity index (χ4n) is 3.72. The maximum absolute atomic E-state index is 4.70. The van der Waals surface area contributed by atoms with Crippen LogP contribution in [-0.4, -0.2) is 70.0 Å². The Kier molecular flexibility index (Phi) is 3.90. The molecule has 7 nitrogen and oxygen atoms in total. The van der Waals surface area contributed by atoms with Gasteiger partial charge in [0.1, 0.15) is 11.6 Å². The van der Waals surface area contributed by atoms with Crippen LogP contribution in [0.15, 0.2) is 6.20 Å². The van der Waals surface area contributed by atoms with Gasteiger partial charge in [-0.2, -0.15) is 5.10 Å². The molecular weight excluding hydrogens is 290 g/mol. The minimum absolute atomic E-state index is 0.688. The summed E-state index contributed by atoms with van der Waals surface area (Å²) < 4.78 is 1.83. The van der Waals surface area contributed by atoms with Gasteiger partial charge in [-0.3, -0.25) is 9.58 Å². The number of rotatable bonds is 3. The normalized spacial score (nSPS) is 23.0. The van der Waals surface area contributed by atoms with Crippen LogP contribution >= 0.6 is 0 Å². The number of anilines is 1. The molecule has 2 aliphatic rings. The van der Waals surface area contributed by atoms with E-state index in [1.807, 2.05) is 24.9 Å². The Morgan fingerprint density at radius 1 is 1.22 bits per heavy atom. The predicted octanol–water partition coefficient (Wildman–Crippen LogP) is 0.546. The van der Waals surface area contributed by atoms with Crippen molar-refractivity contribution in [3.8, 4) is 0 Å². The lowest BCUT2D eigenvalue weighted by molar-refractivity contribution is 0.235. The molecule has 0 aromatic carbocycles. The van der Waals surface area contributed by atoms with Gasteiger partial charge in [-0.15, -0.1) is 0 Å². The summed E-state index contributed by atoms with van der Waals surface area (Å²) in [4.78, 5) is 14.2. The first-order valence-electron chi connectivity index (χ1n) is 8.58. The average Bonchev–Trinajstić information content (AvgIpc) is 3.18. The van der Waals surface area contributed by atoms with Crippen LogP contribution in [0.5, 0.6) is 0 Å². The summed E-state index contributed by atoms with van der Waals surface area (Å²) in [5, 5.41) is 9.00. The molecule has 0 saturated carbocycles. The first-order chi connectivity index (χ1) is 11.2. The van der Waals surface area contributed by atoms with E-state index < -0.39 is 0 Å². The number of aryl methyl sites for hydroxylation is 2. The molecule has 0 amide bonds. The molecule has 1 N–H and O–H groups in total. The molecule has 2 saturated heterocycles. The molecule has 7 heteroatoms. The zero-order chi connectivity index (χ0) is 15.8. The predicted molar refractivity (Wildman–Crippen MR) is 90.7 cm³/mol. The quantitative estimate of drug-likeness (QED) is 0.892. The van der Waals surface area contributed by atoms with Crippen LogP contribution in [0.3, 0.4) is 0 Å². The lowest BCUT2D eigenvalue weighted by Gasteiger charge is -2.36. The summed E-state index contributed by atoms with van der Waals surface area (Å²) in [7, 11) is 1.94. The third-order valence-electron chi connectivity index (χ3n) is 5.00. The average molecular weight is 315 g/mol. The van der Waals surface area contributed by atoms with Crippen molar-refractivity contribution in [2.75, 3.05) is 44.2 Å². The monoisotopic (exact) mass is 315 g/mol. The molecule has 0 bridgehead atoms. The molecule has 0 radical (unpaired) electrons. The summed E-state index contributed by atoms with van der Waals surface area (Å²) in [5.74, 6) is 1.85. The second-order valence-corrected chi connectivity index (χ2v) is 6.68. The second kappa shape index (κ2) is 6.05. The van der Waals surface area contributed by atoms with E-state index in [9.17, 15) is 0 Å². The van der Waals surface area contributed by atoms with Gasteiger partial charge in [0.2, 0.25) is 0 Å². The molecule has 2 aliphatic heterocycles. The van der Waals surface area contributed by atoms with E-state index in [2.05, 4.69) is 25.2 Å². The van der Waals surface area contributed by atoms with Crippen LogP contribution in [0.2, 0.25) is 0 Å². The Morgan fingerprint density at radius 2 is 2.04 bits per heavy atom. The summed E-state index contributed by atoms with van der Waals surface area (Å²) in [6, 6.07) is 0.688. The summed E-state index contributed by atoms with van der Waals surface area (Å²) in [6.45, 7) is 8.56. The van der Waals surface area contributed by atoms with Crippen LogP contribution in [0, 0.1) is 6.92 Å². The summed E-state index contributed by atoms with van der Waals surface area (Å²) in [5.41, 5.74) is 0.921. The lowest BCUT2D eigenvalue weighted by Crippen LogP contribution is -2.50. The van der Waals surface area contributed by atoms with Gasteiger partial charge < -0.3 is 10.2 Å². The molecule has 0 aliphatic carbocycles. The Balaban J connectivity index is 1.48. The molecule has 1 unspecified atom stereocenters. The van der Waals surface area contributed by atoms with Crippen molar-refractivity contribution in [1.29, 1.82) is 0 Å². The number of nitrogens with zero attached hydrogens (tertiary/aromatic N) is 6. The maximum Gasteiger partial charge on any atom is 0.163 e. The van der Waals surface area contributed by atoms with Gasteiger partial charge in [-0.1, -0.05) is 0 Å². The molecule has 124 valence electrons. The standard InChI is InChI=1S/C16H25N7/c1-12-19-15-14(10-18-21(15)2)16(20-12)23-8-6-22(7-9-23)11-13-4-3-5-17-13/h10,13,17H,3-9,11H2,1-2H3. The molecule has 4 rings (SSSR count). The first kappa shape index (κ1) is 14.8. The molecule has 2 fully saturated rings. The first-order valence-corrected chi connectivity index (χ1v) is 8.58. The SMILES string of the molecule is Cc1nc(N2CCN(CC3CCCN3)CC2)c2cnn(C)c2n1. The molecule has 1 atom stereocenters. The zero-order valence-electron chi connectivity index (χ0n) is 14.0. The second-order valence-electron chi connectivity index (χ2n) is 6.68. The molecule has 2 aromatic heterocycles. The summed E-state index contributed by atoms with van der Waals surface area (Å²) in [6.07, 6.45) is 4.53. The third-order valence-corrected chi connectivity index (χ3v) is 5.00. The lowest BCUT2D eigenvalue weighted by atomic mass is 10.2. The van der Waals surface area contributed by atoms with E-state index in [0.717, 1.165) is 48.9 Å². The molecular formula is C16H25N7. The molecule has 4 heterocycles. The van der Waals surface area contributed by atoms with Gasteiger partial charge in [0.05, 0.1) is 11.6 Å². The fraction of sp³-hybridized carbons (Fsp3) is 0.688. The van der Waals surface area contributed by atoms with E-state index in [1.165, 1.54) is 25.9 Å². The van der Waals surface area contributed by atoms with Crippen molar-refractivity contribution in [3.05, 3.63) is 12.0 Å². The fourth-order valence-corrected chi connectivity index (χ4v) is 3.72. The zero-order valence-corrected chi connectivity index (χ0v) is 14.0. The van der Waals surface area contributed by atoms with Gasteiger partial charge in [-0.25, -0.2) is 9.97 Å². The number of nitrogens with one attached hydrogen (secondary N) is 1. The van der Waals surface area contributed by atoms with Crippen molar-refractivity contribution in [3.63, 3.8) is 0 Å².